The lowest BCUT2D eigenvalue weighted by atomic mass is 10.1. The number of hydrogen-bond acceptors (Lipinski definition) is 4. The van der Waals surface area contributed by atoms with Crippen LogP contribution in [0.2, 0.25) is 5.02 Å². The Morgan fingerprint density at radius 1 is 0.912 bits per heavy atom. The summed E-state index contributed by atoms with van der Waals surface area (Å²) in [6, 6.07) is 21.6. The van der Waals surface area contributed by atoms with E-state index in [9.17, 15) is 4.79 Å². The summed E-state index contributed by atoms with van der Waals surface area (Å²) in [5.74, 6) is 0.355. The number of amides is 1. The van der Waals surface area contributed by atoms with Gasteiger partial charge < -0.3 is 10.1 Å². The van der Waals surface area contributed by atoms with Gasteiger partial charge in [-0.2, -0.15) is 0 Å². The molecule has 0 fully saturated rings. The topological polar surface area (TPSA) is 69.0 Å². The molecule has 1 amide bonds. The zero-order valence-electron chi connectivity index (χ0n) is 19.1. The molecule has 1 N–H and O–H groups in total. The van der Waals surface area contributed by atoms with Gasteiger partial charge in [-0.3, -0.25) is 4.79 Å². The maximum Gasteiger partial charge on any atom is 0.262 e. The second-order valence-corrected chi connectivity index (χ2v) is 8.73. The molecule has 0 aliphatic heterocycles. The van der Waals surface area contributed by atoms with Crippen molar-refractivity contribution in [1.82, 2.24) is 15.0 Å². The molecule has 34 heavy (non-hydrogen) atoms. The number of anilines is 1. The number of hydrogen-bond donors (Lipinski definition) is 1. The van der Waals surface area contributed by atoms with E-state index in [1.165, 1.54) is 0 Å². The summed E-state index contributed by atoms with van der Waals surface area (Å²) in [6.45, 7) is 5.64. The zero-order valence-corrected chi connectivity index (χ0v) is 19.8. The minimum atomic E-state index is -0.255. The highest BCUT2D eigenvalue weighted by Gasteiger charge is 2.13. The van der Waals surface area contributed by atoms with Crippen LogP contribution >= 0.6 is 11.6 Å². The van der Waals surface area contributed by atoms with Crippen LogP contribution in [-0.4, -0.2) is 27.5 Å². The lowest BCUT2D eigenvalue weighted by Gasteiger charge is -2.11. The van der Waals surface area contributed by atoms with E-state index in [1.807, 2.05) is 69.3 Å². The van der Waals surface area contributed by atoms with Crippen LogP contribution in [0.15, 0.2) is 66.7 Å². The first-order valence-corrected chi connectivity index (χ1v) is 11.3. The predicted molar refractivity (Wildman–Crippen MR) is 136 cm³/mol. The first kappa shape index (κ1) is 21.9. The SMILES string of the molecule is Cc1cc2nn(-c3cccc4ccccc34)nc2cc1NC(=O)COc1cc(C)c(Cl)c(C)c1. The van der Waals surface area contributed by atoms with Crippen molar-refractivity contribution in [3.63, 3.8) is 0 Å². The molecule has 0 atom stereocenters. The smallest absolute Gasteiger partial charge is 0.262 e. The fourth-order valence-electron chi connectivity index (χ4n) is 4.02. The quantitative estimate of drug-likeness (QED) is 0.333. The summed E-state index contributed by atoms with van der Waals surface area (Å²) in [7, 11) is 0. The molecule has 5 rings (SSSR count). The summed E-state index contributed by atoms with van der Waals surface area (Å²) in [4.78, 5) is 14.2. The molecule has 1 aromatic heterocycles. The fourth-order valence-corrected chi connectivity index (χ4v) is 4.13. The van der Waals surface area contributed by atoms with Crippen molar-refractivity contribution in [1.29, 1.82) is 0 Å². The third kappa shape index (κ3) is 4.20. The molecule has 0 radical (unpaired) electrons. The van der Waals surface area contributed by atoms with Crippen LogP contribution in [0.5, 0.6) is 5.75 Å². The number of nitrogens with one attached hydrogen (secondary N) is 1. The normalized spacial score (nSPS) is 11.2. The Morgan fingerprint density at radius 3 is 2.35 bits per heavy atom. The molecule has 0 aliphatic carbocycles. The predicted octanol–water partition coefficient (Wildman–Crippen LogP) is 6.17. The number of halogens is 1. The Hall–Kier alpha value is -3.90. The number of rotatable bonds is 5. The van der Waals surface area contributed by atoms with E-state index in [4.69, 9.17) is 16.3 Å². The Kier molecular flexibility index (Phi) is 5.67. The number of benzene rings is 4. The van der Waals surface area contributed by atoms with Crippen LogP contribution < -0.4 is 10.1 Å². The van der Waals surface area contributed by atoms with Crippen LogP contribution in [0.4, 0.5) is 5.69 Å². The van der Waals surface area contributed by atoms with Crippen molar-refractivity contribution in [2.24, 2.45) is 0 Å². The van der Waals surface area contributed by atoms with Gasteiger partial charge in [0.15, 0.2) is 6.61 Å². The molecule has 1 heterocycles. The van der Waals surface area contributed by atoms with Crippen molar-refractivity contribution < 1.29 is 9.53 Å². The lowest BCUT2D eigenvalue weighted by molar-refractivity contribution is -0.118. The molecule has 0 unspecified atom stereocenters. The van der Waals surface area contributed by atoms with Gasteiger partial charge in [0.05, 0.1) is 5.69 Å². The number of nitrogens with zero attached hydrogens (tertiary/aromatic N) is 3. The van der Waals surface area contributed by atoms with Crippen molar-refractivity contribution in [3.05, 3.63) is 88.4 Å². The van der Waals surface area contributed by atoms with Gasteiger partial charge in [0.1, 0.15) is 16.8 Å². The minimum Gasteiger partial charge on any atom is -0.484 e. The van der Waals surface area contributed by atoms with Crippen LogP contribution in [0, 0.1) is 20.8 Å². The van der Waals surface area contributed by atoms with Crippen molar-refractivity contribution in [2.75, 3.05) is 11.9 Å². The molecule has 6 nitrogen and oxygen atoms in total. The molecule has 0 aliphatic rings. The largest absolute Gasteiger partial charge is 0.484 e. The second-order valence-electron chi connectivity index (χ2n) is 8.35. The van der Waals surface area contributed by atoms with Gasteiger partial charge in [0.25, 0.3) is 5.91 Å². The number of ether oxygens (including phenoxy) is 1. The number of aromatic nitrogens is 3. The lowest BCUT2D eigenvalue weighted by Crippen LogP contribution is -2.20. The van der Waals surface area contributed by atoms with E-state index >= 15 is 0 Å². The Labute approximate surface area is 202 Å². The van der Waals surface area contributed by atoms with Gasteiger partial charge in [-0.15, -0.1) is 15.0 Å². The highest BCUT2D eigenvalue weighted by atomic mass is 35.5. The van der Waals surface area contributed by atoms with E-state index < -0.39 is 0 Å². The minimum absolute atomic E-state index is 0.110. The monoisotopic (exact) mass is 470 g/mol. The molecule has 0 spiro atoms. The third-order valence-corrected chi connectivity index (χ3v) is 6.36. The average molecular weight is 471 g/mol. The standard InChI is InChI=1S/C27H23ClN4O2/c1-16-13-23-24(31-32(30-23)25-10-6-8-19-7-4-5-9-21(19)25)14-22(16)29-26(33)15-34-20-11-17(2)27(28)18(3)12-20/h4-14H,15H2,1-3H3,(H,29,33). The second kappa shape index (κ2) is 8.80. The van der Waals surface area contributed by atoms with E-state index in [0.717, 1.165) is 38.7 Å². The van der Waals surface area contributed by atoms with Crippen molar-refractivity contribution in [2.45, 2.75) is 20.8 Å². The van der Waals surface area contributed by atoms with E-state index in [1.54, 1.807) is 4.80 Å². The zero-order chi connectivity index (χ0) is 23.8. The van der Waals surface area contributed by atoms with Gasteiger partial charge in [0.2, 0.25) is 0 Å². The molecule has 0 bridgehead atoms. The first-order valence-electron chi connectivity index (χ1n) is 10.9. The molecule has 4 aromatic carbocycles. The molecule has 0 saturated heterocycles. The van der Waals surface area contributed by atoms with E-state index in [-0.39, 0.29) is 12.5 Å². The number of carbonyl (C=O) groups excluding carboxylic acids is 1. The maximum absolute atomic E-state index is 12.6. The summed E-state index contributed by atoms with van der Waals surface area (Å²) in [5, 5.41) is 15.2. The number of fused-ring (bicyclic) bond motifs is 2. The van der Waals surface area contributed by atoms with Crippen LogP contribution in [0.25, 0.3) is 27.5 Å². The van der Waals surface area contributed by atoms with Gasteiger partial charge in [-0.25, -0.2) is 0 Å². The summed E-state index contributed by atoms with van der Waals surface area (Å²) in [5.41, 5.74) is 5.74. The first-order chi connectivity index (χ1) is 16.4. The fraction of sp³-hybridized carbons (Fsp3) is 0.148. The molecular formula is C27H23ClN4O2. The summed E-state index contributed by atoms with van der Waals surface area (Å²) >= 11 is 6.21. The Morgan fingerprint density at radius 2 is 1.59 bits per heavy atom. The highest BCUT2D eigenvalue weighted by molar-refractivity contribution is 6.32. The summed E-state index contributed by atoms with van der Waals surface area (Å²) < 4.78 is 5.68. The Balaban J connectivity index is 1.37. The molecule has 170 valence electrons. The van der Waals surface area contributed by atoms with Crippen molar-refractivity contribution >= 4 is 45.0 Å². The van der Waals surface area contributed by atoms with Gasteiger partial charge in [-0.05, 0) is 73.2 Å². The number of aryl methyl sites for hydroxylation is 3. The van der Waals surface area contributed by atoms with E-state index in [0.29, 0.717) is 22.0 Å². The Bertz CT molecular complexity index is 1530. The molecular weight excluding hydrogens is 448 g/mol. The molecule has 0 saturated carbocycles. The third-order valence-electron chi connectivity index (χ3n) is 5.76. The van der Waals surface area contributed by atoms with Gasteiger partial charge >= 0.3 is 0 Å². The highest BCUT2D eigenvalue weighted by Crippen LogP contribution is 2.27. The summed E-state index contributed by atoms with van der Waals surface area (Å²) in [6.07, 6.45) is 0. The van der Waals surface area contributed by atoms with Crippen LogP contribution in [0.1, 0.15) is 16.7 Å². The van der Waals surface area contributed by atoms with Gasteiger partial charge in [-0.1, -0.05) is 48.0 Å². The van der Waals surface area contributed by atoms with Crippen LogP contribution in [0.3, 0.4) is 0 Å². The maximum atomic E-state index is 12.6. The van der Waals surface area contributed by atoms with Crippen LogP contribution in [-0.2, 0) is 4.79 Å². The number of carbonyl (C=O) groups is 1. The van der Waals surface area contributed by atoms with E-state index in [2.05, 4.69) is 33.7 Å². The van der Waals surface area contributed by atoms with Crippen molar-refractivity contribution in [3.8, 4) is 11.4 Å². The molecule has 7 heteroatoms. The average Bonchev–Trinajstić information content (AvgIpc) is 3.23. The van der Waals surface area contributed by atoms with Gasteiger partial charge in [0, 0.05) is 16.1 Å². The molecule has 5 aromatic rings.